The molecule has 0 bridgehead atoms. The number of hydrogen-bond donors (Lipinski definition) is 2. The Kier molecular flexibility index (Phi) is 5.54. The number of amides is 1. The van der Waals surface area contributed by atoms with Crippen LogP contribution in [-0.2, 0) is 0 Å². The third kappa shape index (κ3) is 4.19. The van der Waals surface area contributed by atoms with Crippen molar-refractivity contribution in [2.75, 3.05) is 17.7 Å². The molecule has 1 aliphatic carbocycles. The second kappa shape index (κ2) is 8.29. The van der Waals surface area contributed by atoms with Crippen molar-refractivity contribution in [3.8, 4) is 17.0 Å². The number of benzene rings is 2. The average molecular weight is 423 g/mol. The molecule has 0 saturated heterocycles. The van der Waals surface area contributed by atoms with E-state index in [2.05, 4.69) is 22.2 Å². The maximum absolute atomic E-state index is 14.5. The first-order chi connectivity index (χ1) is 14.9. The summed E-state index contributed by atoms with van der Waals surface area (Å²) in [5.41, 5.74) is 7.97. The SMILES string of the molecule is [CH2]COc1c(N)ncnc1-c1cc(F)cc(NC(=O)c2ccc(C3CC3)cc2F)c1C. The molecule has 3 aromatic rings. The lowest BCUT2D eigenvalue weighted by Crippen LogP contribution is -2.15. The van der Waals surface area contributed by atoms with Crippen molar-refractivity contribution >= 4 is 17.4 Å². The summed E-state index contributed by atoms with van der Waals surface area (Å²) < 4.78 is 34.4. The van der Waals surface area contributed by atoms with E-state index >= 15 is 0 Å². The van der Waals surface area contributed by atoms with E-state index in [0.29, 0.717) is 17.0 Å². The molecule has 0 aliphatic heterocycles. The average Bonchev–Trinajstić information content (AvgIpc) is 3.57. The monoisotopic (exact) mass is 423 g/mol. The molecule has 0 unspecified atom stereocenters. The minimum absolute atomic E-state index is 0.0681. The molecule has 1 saturated carbocycles. The zero-order valence-corrected chi connectivity index (χ0v) is 16.9. The standard InChI is InChI=1S/C23H21F2N4O2/c1-3-31-21-20(27-11-28-22(21)26)17-9-15(24)10-19(12(17)2)29-23(30)16-7-6-14(8-18(16)25)13-4-5-13/h6-11,13H,1,3-5H2,2H3,(H,29,30)(H2,26,27,28). The Hall–Kier alpha value is -3.55. The summed E-state index contributed by atoms with van der Waals surface area (Å²) in [6.45, 7) is 5.37. The van der Waals surface area contributed by atoms with E-state index < -0.39 is 17.5 Å². The number of nitrogen functional groups attached to an aromatic ring is 1. The number of anilines is 2. The summed E-state index contributed by atoms with van der Waals surface area (Å²) in [6, 6.07) is 7.03. The molecule has 1 aromatic heterocycles. The van der Waals surface area contributed by atoms with Gasteiger partial charge in [0.25, 0.3) is 5.91 Å². The summed E-state index contributed by atoms with van der Waals surface area (Å²) in [5, 5.41) is 2.60. The molecule has 1 radical (unpaired) electrons. The molecule has 1 fully saturated rings. The van der Waals surface area contributed by atoms with Crippen LogP contribution in [0.25, 0.3) is 11.3 Å². The quantitative estimate of drug-likeness (QED) is 0.602. The Morgan fingerprint density at radius 1 is 1.26 bits per heavy atom. The van der Waals surface area contributed by atoms with Gasteiger partial charge in [-0.2, -0.15) is 0 Å². The highest BCUT2D eigenvalue weighted by atomic mass is 19.1. The fraction of sp³-hybridized carbons (Fsp3) is 0.217. The molecule has 3 N–H and O–H groups in total. The summed E-state index contributed by atoms with van der Waals surface area (Å²) in [5.74, 6) is -1.26. The van der Waals surface area contributed by atoms with E-state index in [0.717, 1.165) is 18.4 Å². The van der Waals surface area contributed by atoms with Gasteiger partial charge in [-0.15, -0.1) is 0 Å². The van der Waals surface area contributed by atoms with Gasteiger partial charge in [-0.3, -0.25) is 4.79 Å². The van der Waals surface area contributed by atoms with Crippen LogP contribution in [0.3, 0.4) is 0 Å². The number of rotatable bonds is 6. The predicted octanol–water partition coefficient (Wildman–Crippen LogP) is 4.66. The molecule has 159 valence electrons. The fourth-order valence-corrected chi connectivity index (χ4v) is 3.45. The molecular formula is C23H21F2N4O2. The van der Waals surface area contributed by atoms with Crippen LogP contribution in [0.15, 0.2) is 36.7 Å². The normalized spacial score (nSPS) is 13.2. The topological polar surface area (TPSA) is 90.1 Å². The summed E-state index contributed by atoms with van der Waals surface area (Å²) in [7, 11) is 0. The van der Waals surface area contributed by atoms with Gasteiger partial charge in [0, 0.05) is 11.3 Å². The highest BCUT2D eigenvalue weighted by Crippen LogP contribution is 2.40. The van der Waals surface area contributed by atoms with Gasteiger partial charge in [0.05, 0.1) is 12.2 Å². The molecule has 31 heavy (non-hydrogen) atoms. The van der Waals surface area contributed by atoms with Crippen molar-refractivity contribution < 1.29 is 18.3 Å². The molecule has 1 heterocycles. The van der Waals surface area contributed by atoms with Crippen LogP contribution in [0, 0.1) is 25.5 Å². The maximum atomic E-state index is 14.5. The number of nitrogens with one attached hydrogen (secondary N) is 1. The molecule has 6 nitrogen and oxygen atoms in total. The molecule has 4 rings (SSSR count). The number of halogens is 2. The summed E-state index contributed by atoms with van der Waals surface area (Å²) in [4.78, 5) is 20.8. The lowest BCUT2D eigenvalue weighted by atomic mass is 10.0. The Labute approximate surface area is 178 Å². The van der Waals surface area contributed by atoms with Crippen LogP contribution in [0.1, 0.15) is 40.2 Å². The van der Waals surface area contributed by atoms with Crippen molar-refractivity contribution in [3.05, 3.63) is 71.9 Å². The van der Waals surface area contributed by atoms with Crippen molar-refractivity contribution in [1.29, 1.82) is 0 Å². The number of carbonyl (C=O) groups excluding carboxylic acids is 1. The summed E-state index contributed by atoms with van der Waals surface area (Å²) >= 11 is 0. The highest BCUT2D eigenvalue weighted by molar-refractivity contribution is 6.05. The number of nitrogens with two attached hydrogens (primary N) is 1. The number of hydrogen-bond acceptors (Lipinski definition) is 5. The van der Waals surface area contributed by atoms with E-state index in [1.807, 2.05) is 0 Å². The Morgan fingerprint density at radius 2 is 2.03 bits per heavy atom. The Balaban J connectivity index is 1.69. The van der Waals surface area contributed by atoms with Crippen molar-refractivity contribution in [2.45, 2.75) is 25.7 Å². The van der Waals surface area contributed by atoms with Crippen LogP contribution >= 0.6 is 0 Å². The number of aromatic nitrogens is 2. The second-order valence-corrected chi connectivity index (χ2v) is 7.38. The maximum Gasteiger partial charge on any atom is 0.258 e. The zero-order valence-electron chi connectivity index (χ0n) is 16.9. The van der Waals surface area contributed by atoms with Gasteiger partial charge < -0.3 is 15.8 Å². The molecule has 1 aliphatic rings. The highest BCUT2D eigenvalue weighted by Gasteiger charge is 2.25. The fourth-order valence-electron chi connectivity index (χ4n) is 3.45. The van der Waals surface area contributed by atoms with Gasteiger partial charge in [0.1, 0.15) is 23.7 Å². The van der Waals surface area contributed by atoms with E-state index in [-0.39, 0.29) is 35.1 Å². The van der Waals surface area contributed by atoms with E-state index in [9.17, 15) is 13.6 Å². The minimum atomic E-state index is -0.670. The van der Waals surface area contributed by atoms with Crippen LogP contribution in [0.5, 0.6) is 5.75 Å². The molecular weight excluding hydrogens is 402 g/mol. The number of nitrogens with zero attached hydrogens (tertiary/aromatic N) is 2. The Bertz CT molecular complexity index is 1160. The number of ether oxygens (including phenoxy) is 1. The van der Waals surface area contributed by atoms with Gasteiger partial charge >= 0.3 is 0 Å². The smallest absolute Gasteiger partial charge is 0.258 e. The van der Waals surface area contributed by atoms with Crippen molar-refractivity contribution in [2.24, 2.45) is 0 Å². The first-order valence-corrected chi connectivity index (χ1v) is 9.83. The van der Waals surface area contributed by atoms with Gasteiger partial charge in [-0.05, 0) is 68.0 Å². The van der Waals surface area contributed by atoms with Crippen LogP contribution in [0.4, 0.5) is 20.3 Å². The van der Waals surface area contributed by atoms with E-state index in [4.69, 9.17) is 10.5 Å². The van der Waals surface area contributed by atoms with Gasteiger partial charge in [0.15, 0.2) is 11.6 Å². The largest absolute Gasteiger partial charge is 0.488 e. The van der Waals surface area contributed by atoms with E-state index in [1.54, 1.807) is 13.0 Å². The van der Waals surface area contributed by atoms with Crippen LogP contribution in [0.2, 0.25) is 0 Å². The van der Waals surface area contributed by atoms with Gasteiger partial charge in [-0.25, -0.2) is 18.7 Å². The first-order valence-electron chi connectivity index (χ1n) is 9.83. The molecule has 8 heteroatoms. The molecule has 2 aromatic carbocycles. The zero-order chi connectivity index (χ0) is 22.1. The second-order valence-electron chi connectivity index (χ2n) is 7.38. The lowest BCUT2D eigenvalue weighted by molar-refractivity contribution is 0.102. The third-order valence-corrected chi connectivity index (χ3v) is 5.24. The van der Waals surface area contributed by atoms with E-state index in [1.165, 1.54) is 30.6 Å². The third-order valence-electron chi connectivity index (χ3n) is 5.24. The van der Waals surface area contributed by atoms with Gasteiger partial charge in [-0.1, -0.05) is 6.07 Å². The molecule has 0 atom stereocenters. The first kappa shape index (κ1) is 20.7. The summed E-state index contributed by atoms with van der Waals surface area (Å²) in [6.07, 6.45) is 3.30. The van der Waals surface area contributed by atoms with Crippen LogP contribution in [-0.4, -0.2) is 22.5 Å². The number of carbonyl (C=O) groups is 1. The molecule has 1 amide bonds. The Morgan fingerprint density at radius 3 is 2.71 bits per heavy atom. The van der Waals surface area contributed by atoms with Gasteiger partial charge in [0.2, 0.25) is 0 Å². The predicted molar refractivity (Wildman–Crippen MR) is 114 cm³/mol. The molecule has 0 spiro atoms. The van der Waals surface area contributed by atoms with Crippen molar-refractivity contribution in [1.82, 2.24) is 9.97 Å². The minimum Gasteiger partial charge on any atom is -0.488 e. The lowest BCUT2D eigenvalue weighted by Gasteiger charge is -2.16. The van der Waals surface area contributed by atoms with Crippen LogP contribution < -0.4 is 15.8 Å². The van der Waals surface area contributed by atoms with Crippen molar-refractivity contribution in [3.63, 3.8) is 0 Å².